The van der Waals surface area contributed by atoms with Gasteiger partial charge in [0.2, 0.25) is 11.7 Å². The molecule has 174 valence electrons. The Labute approximate surface area is 196 Å². The lowest BCUT2D eigenvalue weighted by Crippen LogP contribution is -2.29. The number of hydrogen-bond donors (Lipinski definition) is 3. The van der Waals surface area contributed by atoms with Gasteiger partial charge in [-0.3, -0.25) is 9.59 Å². The molecule has 0 saturated heterocycles. The van der Waals surface area contributed by atoms with Crippen molar-refractivity contribution in [3.63, 3.8) is 0 Å². The molecule has 3 aromatic rings. The number of amides is 2. The fraction of sp³-hybridized carbons (Fsp3) is 0.333. The zero-order valence-electron chi connectivity index (χ0n) is 18.2. The van der Waals surface area contributed by atoms with Gasteiger partial charge in [-0.2, -0.15) is 0 Å². The molecule has 2 atom stereocenters. The van der Waals surface area contributed by atoms with Crippen LogP contribution in [-0.2, 0) is 4.79 Å². The Kier molecular flexibility index (Phi) is 8.43. The van der Waals surface area contributed by atoms with Crippen LogP contribution in [0.1, 0.15) is 48.4 Å². The first-order valence-corrected chi connectivity index (χ1v) is 11.1. The summed E-state index contributed by atoms with van der Waals surface area (Å²) < 4.78 is 5.67. The summed E-state index contributed by atoms with van der Waals surface area (Å²) >= 11 is 6.01. The minimum Gasteiger partial charge on any atom is -0.465 e. The monoisotopic (exact) mass is 471 g/mol. The number of ketones is 1. The SMILES string of the molecule is CC(CCNC(=O)O)CC(=O)NCCC(C(=O)c1nc2cc(Cl)ccc2o1)c1ccccc1. The fourth-order valence-corrected chi connectivity index (χ4v) is 3.73. The number of carbonyl (C=O) groups excluding carboxylic acids is 2. The highest BCUT2D eigenvalue weighted by atomic mass is 35.5. The molecule has 9 heteroatoms. The number of nitrogens with zero attached hydrogens (tertiary/aromatic N) is 1. The molecule has 0 aliphatic heterocycles. The van der Waals surface area contributed by atoms with Crippen molar-refractivity contribution in [2.75, 3.05) is 13.1 Å². The standard InChI is InChI=1S/C24H26ClN3O5/c1-15(9-11-27-24(31)32)13-21(29)26-12-10-18(16-5-3-2-4-6-16)22(30)23-28-19-14-17(25)7-8-20(19)33-23/h2-8,14-15,18,27H,9-13H2,1H3,(H,26,29)(H,31,32). The van der Waals surface area contributed by atoms with Crippen LogP contribution in [0.5, 0.6) is 0 Å². The summed E-state index contributed by atoms with van der Waals surface area (Å²) in [5, 5.41) is 14.3. The van der Waals surface area contributed by atoms with E-state index in [1.54, 1.807) is 18.2 Å². The van der Waals surface area contributed by atoms with Crippen LogP contribution >= 0.6 is 11.6 Å². The van der Waals surface area contributed by atoms with Crippen molar-refractivity contribution in [2.24, 2.45) is 5.92 Å². The number of fused-ring (bicyclic) bond motifs is 1. The maximum Gasteiger partial charge on any atom is 0.404 e. The average Bonchev–Trinajstić information content (AvgIpc) is 3.20. The molecule has 1 heterocycles. The topological polar surface area (TPSA) is 122 Å². The quantitative estimate of drug-likeness (QED) is 0.350. The maximum absolute atomic E-state index is 13.3. The van der Waals surface area contributed by atoms with Crippen molar-refractivity contribution in [3.8, 4) is 0 Å². The number of oxazole rings is 1. The molecule has 8 nitrogen and oxygen atoms in total. The van der Waals surface area contributed by atoms with E-state index in [2.05, 4.69) is 15.6 Å². The zero-order valence-corrected chi connectivity index (χ0v) is 19.0. The number of Topliss-reactive ketones (excluding diaryl/α,β-unsaturated/α-hetero) is 1. The van der Waals surface area contributed by atoms with Crippen LogP contribution in [0.25, 0.3) is 11.1 Å². The second-order valence-electron chi connectivity index (χ2n) is 7.93. The van der Waals surface area contributed by atoms with Crippen molar-refractivity contribution >= 4 is 40.5 Å². The summed E-state index contributed by atoms with van der Waals surface area (Å²) in [6.45, 7) is 2.49. The number of nitrogens with one attached hydrogen (secondary N) is 2. The summed E-state index contributed by atoms with van der Waals surface area (Å²) in [5.74, 6) is -0.918. The molecular formula is C24H26ClN3O5. The van der Waals surface area contributed by atoms with Crippen LogP contribution in [0.15, 0.2) is 52.9 Å². The van der Waals surface area contributed by atoms with Gasteiger partial charge in [0.05, 0.1) is 5.92 Å². The molecule has 3 N–H and O–H groups in total. The first-order chi connectivity index (χ1) is 15.8. The van der Waals surface area contributed by atoms with Crippen LogP contribution in [0.2, 0.25) is 5.02 Å². The third-order valence-corrected chi connectivity index (χ3v) is 5.52. The molecule has 0 radical (unpaired) electrons. The lowest BCUT2D eigenvalue weighted by Gasteiger charge is -2.16. The van der Waals surface area contributed by atoms with Crippen LogP contribution in [0, 0.1) is 5.92 Å². The number of hydrogen-bond acceptors (Lipinski definition) is 5. The van der Waals surface area contributed by atoms with Gasteiger partial charge in [0.15, 0.2) is 5.58 Å². The van der Waals surface area contributed by atoms with Crippen molar-refractivity contribution < 1.29 is 23.9 Å². The Morgan fingerprint density at radius 3 is 2.52 bits per heavy atom. The minimum absolute atomic E-state index is 0.00648. The van der Waals surface area contributed by atoms with Crippen LogP contribution in [-0.4, -0.2) is 41.0 Å². The number of aromatic nitrogens is 1. The van der Waals surface area contributed by atoms with Gasteiger partial charge in [0.25, 0.3) is 5.89 Å². The van der Waals surface area contributed by atoms with Gasteiger partial charge in [-0.15, -0.1) is 0 Å². The van der Waals surface area contributed by atoms with E-state index in [0.29, 0.717) is 42.1 Å². The summed E-state index contributed by atoms with van der Waals surface area (Å²) in [6, 6.07) is 14.3. The molecular weight excluding hydrogens is 446 g/mol. The van der Waals surface area contributed by atoms with Crippen LogP contribution in [0.4, 0.5) is 4.79 Å². The van der Waals surface area contributed by atoms with Gasteiger partial charge in [-0.05, 0) is 42.5 Å². The van der Waals surface area contributed by atoms with Crippen molar-refractivity contribution in [1.29, 1.82) is 0 Å². The summed E-state index contributed by atoms with van der Waals surface area (Å²) in [5.41, 5.74) is 1.80. The average molecular weight is 472 g/mol. The number of halogens is 1. The number of carbonyl (C=O) groups is 3. The van der Waals surface area contributed by atoms with Crippen LogP contribution < -0.4 is 10.6 Å². The predicted octanol–water partition coefficient (Wildman–Crippen LogP) is 4.64. The van der Waals surface area contributed by atoms with Crippen LogP contribution in [0.3, 0.4) is 0 Å². The molecule has 0 saturated carbocycles. The molecule has 0 spiro atoms. The fourth-order valence-electron chi connectivity index (χ4n) is 3.56. The lowest BCUT2D eigenvalue weighted by atomic mass is 9.91. The molecule has 0 bridgehead atoms. The van der Waals surface area contributed by atoms with E-state index in [1.165, 1.54) is 0 Å². The Morgan fingerprint density at radius 2 is 1.79 bits per heavy atom. The molecule has 0 aliphatic rings. The third-order valence-electron chi connectivity index (χ3n) is 5.28. The van der Waals surface area contributed by atoms with E-state index < -0.39 is 12.0 Å². The molecule has 3 rings (SSSR count). The normalized spacial score (nSPS) is 12.8. The lowest BCUT2D eigenvalue weighted by molar-refractivity contribution is -0.121. The van der Waals surface area contributed by atoms with E-state index in [1.807, 2.05) is 37.3 Å². The molecule has 1 aromatic heterocycles. The summed E-state index contributed by atoms with van der Waals surface area (Å²) in [7, 11) is 0. The molecule has 0 fully saturated rings. The highest BCUT2D eigenvalue weighted by Crippen LogP contribution is 2.27. The van der Waals surface area contributed by atoms with E-state index in [9.17, 15) is 14.4 Å². The Morgan fingerprint density at radius 1 is 1.06 bits per heavy atom. The van der Waals surface area contributed by atoms with E-state index >= 15 is 0 Å². The number of rotatable bonds is 11. The molecule has 2 amide bonds. The predicted molar refractivity (Wildman–Crippen MR) is 125 cm³/mol. The Hall–Kier alpha value is -3.39. The second kappa shape index (κ2) is 11.5. The molecule has 0 aliphatic carbocycles. The Balaban J connectivity index is 1.62. The van der Waals surface area contributed by atoms with Gasteiger partial charge >= 0.3 is 6.09 Å². The Bertz CT molecular complexity index is 1120. The van der Waals surface area contributed by atoms with E-state index in [0.717, 1.165) is 5.56 Å². The van der Waals surface area contributed by atoms with Crippen molar-refractivity contribution in [1.82, 2.24) is 15.6 Å². The zero-order chi connectivity index (χ0) is 23.8. The first-order valence-electron chi connectivity index (χ1n) is 10.7. The molecule has 2 unspecified atom stereocenters. The summed E-state index contributed by atoms with van der Waals surface area (Å²) in [4.78, 5) is 40.4. The van der Waals surface area contributed by atoms with Gasteiger partial charge in [0.1, 0.15) is 5.52 Å². The number of benzene rings is 2. The minimum atomic E-state index is -1.08. The summed E-state index contributed by atoms with van der Waals surface area (Å²) in [6.07, 6.45) is 0.137. The first kappa shape index (κ1) is 24.3. The van der Waals surface area contributed by atoms with Crippen molar-refractivity contribution in [2.45, 2.75) is 32.1 Å². The molecule has 33 heavy (non-hydrogen) atoms. The van der Waals surface area contributed by atoms with E-state index in [-0.39, 0.29) is 29.9 Å². The van der Waals surface area contributed by atoms with Gasteiger partial charge in [-0.25, -0.2) is 9.78 Å². The van der Waals surface area contributed by atoms with Gasteiger partial charge < -0.3 is 20.2 Å². The largest absolute Gasteiger partial charge is 0.465 e. The highest BCUT2D eigenvalue weighted by Gasteiger charge is 2.26. The molecule has 2 aromatic carbocycles. The van der Waals surface area contributed by atoms with Crippen molar-refractivity contribution in [3.05, 3.63) is 65.0 Å². The third kappa shape index (κ3) is 7.05. The second-order valence-corrected chi connectivity index (χ2v) is 8.36. The van der Waals surface area contributed by atoms with E-state index in [4.69, 9.17) is 21.1 Å². The number of carboxylic acid groups (broad SMARTS) is 1. The van der Waals surface area contributed by atoms with Gasteiger partial charge in [0, 0.05) is 24.5 Å². The van der Waals surface area contributed by atoms with Gasteiger partial charge in [-0.1, -0.05) is 48.9 Å². The maximum atomic E-state index is 13.3. The highest BCUT2D eigenvalue weighted by molar-refractivity contribution is 6.31. The smallest absolute Gasteiger partial charge is 0.404 e.